The number of thioether (sulfide) groups is 1. The minimum absolute atomic E-state index is 0.0157. The van der Waals surface area contributed by atoms with E-state index in [0.29, 0.717) is 84.9 Å². The fraction of sp³-hybridized carbons (Fsp3) is 0.321. The van der Waals surface area contributed by atoms with Crippen LogP contribution in [0.2, 0.25) is 0 Å². The molecule has 1 saturated heterocycles. The number of carbonyl (C=O) groups is 3. The van der Waals surface area contributed by atoms with Crippen LogP contribution in [0, 0.1) is 5.82 Å². The third-order valence-corrected chi connectivity index (χ3v) is 12.8. The van der Waals surface area contributed by atoms with Crippen LogP contribution in [0.25, 0.3) is 39.4 Å². The fourth-order valence-electron chi connectivity index (χ4n) is 8.00. The van der Waals surface area contributed by atoms with Gasteiger partial charge in [-0.3, -0.25) is 9.69 Å². The highest BCUT2D eigenvalue weighted by Gasteiger charge is 2.38. The van der Waals surface area contributed by atoms with Crippen LogP contribution in [-0.4, -0.2) is 163 Å². The lowest BCUT2D eigenvalue weighted by atomic mass is 10.1. The van der Waals surface area contributed by atoms with Crippen LogP contribution >= 0.6 is 11.8 Å². The van der Waals surface area contributed by atoms with Crippen molar-refractivity contribution >= 4 is 79.8 Å². The number of nitrogens with zero attached hydrogens (tertiary/aromatic N) is 4. The average molecular weight is 1120 g/mol. The molecule has 2 aliphatic rings. The zero-order chi connectivity index (χ0) is 56.5. The maximum absolute atomic E-state index is 14.6. The first kappa shape index (κ1) is 58.5. The van der Waals surface area contributed by atoms with Crippen LogP contribution in [0.4, 0.5) is 39.4 Å². The van der Waals surface area contributed by atoms with Crippen LogP contribution in [0.5, 0.6) is 11.5 Å². The van der Waals surface area contributed by atoms with Gasteiger partial charge < -0.3 is 70.2 Å². The second-order valence-corrected chi connectivity index (χ2v) is 18.3. The van der Waals surface area contributed by atoms with Gasteiger partial charge in [0, 0.05) is 51.5 Å². The highest BCUT2D eigenvalue weighted by molar-refractivity contribution is 8.18. The van der Waals surface area contributed by atoms with Gasteiger partial charge in [0.15, 0.2) is 11.5 Å². The van der Waals surface area contributed by atoms with Gasteiger partial charge in [0.1, 0.15) is 40.2 Å². The number of aromatic amines is 2. The first-order valence-corrected chi connectivity index (χ1v) is 25.5. The number of imidazole rings is 1. The van der Waals surface area contributed by atoms with Gasteiger partial charge in [-0.2, -0.15) is 13.2 Å². The van der Waals surface area contributed by atoms with E-state index in [2.05, 4.69) is 40.4 Å². The molecule has 0 spiro atoms. The van der Waals surface area contributed by atoms with E-state index >= 15 is 0 Å². The number of carboxylic acids is 1. The number of carboxylic acid groups (broad SMARTS) is 1. The molecule has 1 fully saturated rings. The summed E-state index contributed by atoms with van der Waals surface area (Å²) >= 11 is 1.13. The number of rotatable bonds is 22. The number of piperazine rings is 1. The minimum atomic E-state index is -5.08. The molecule has 4 aromatic carbocycles. The Balaban J connectivity index is 0.00000121. The van der Waals surface area contributed by atoms with E-state index in [0.717, 1.165) is 49.1 Å². The number of hydrogen-bond acceptors (Lipinski definition) is 17. The number of phenols is 1. The van der Waals surface area contributed by atoms with Gasteiger partial charge in [0.2, 0.25) is 0 Å². The monoisotopic (exact) mass is 1120 g/mol. The number of anilines is 2. The summed E-state index contributed by atoms with van der Waals surface area (Å²) in [6.45, 7) is 8.75. The number of pyridine rings is 1. The van der Waals surface area contributed by atoms with E-state index < -0.39 is 29.5 Å². The van der Waals surface area contributed by atoms with Crippen LogP contribution in [0.15, 0.2) is 111 Å². The molecule has 0 aliphatic carbocycles. The van der Waals surface area contributed by atoms with Gasteiger partial charge in [-0.1, -0.05) is 42.1 Å². The minimum Gasteiger partial charge on any atom is -0.506 e. The molecule has 8 rings (SSSR count). The van der Waals surface area contributed by atoms with E-state index in [1.165, 1.54) is 18.2 Å². The number of nitrogens with two attached hydrogens (primary N) is 1. The van der Waals surface area contributed by atoms with E-state index in [4.69, 9.17) is 39.3 Å². The number of aliphatic imine (C=N–C) groups is 1. The van der Waals surface area contributed by atoms with Crippen molar-refractivity contribution in [2.45, 2.75) is 13.1 Å². The Morgan fingerprint density at radius 3 is 2.22 bits per heavy atom. The second-order valence-electron chi connectivity index (χ2n) is 17.2. The summed E-state index contributed by atoms with van der Waals surface area (Å²) in [6.07, 6.45) is -3.44. The number of urea groups is 1. The number of aliphatic hydroxyl groups is 1. The summed E-state index contributed by atoms with van der Waals surface area (Å²) in [5.41, 5.74) is 9.86. The molecule has 2 aliphatic heterocycles. The highest BCUT2D eigenvalue weighted by atomic mass is 32.2. The predicted octanol–water partition coefficient (Wildman–Crippen LogP) is 6.87. The van der Waals surface area contributed by atoms with E-state index in [1.54, 1.807) is 43.3 Å². The van der Waals surface area contributed by atoms with Gasteiger partial charge in [-0.15, -0.1) is 0 Å². The largest absolute Gasteiger partial charge is 0.506 e. The summed E-state index contributed by atoms with van der Waals surface area (Å²) in [7, 11) is 0. The molecule has 0 unspecified atom stereocenters. The zero-order valence-electron chi connectivity index (χ0n) is 42.6. The number of nitrogen functional groups attached to an aromatic ring is 1. The van der Waals surface area contributed by atoms with Crippen molar-refractivity contribution in [1.82, 2.24) is 30.5 Å². The molecule has 9 N–H and O–H groups in total. The highest BCUT2D eigenvalue weighted by Crippen LogP contribution is 2.41. The molecule has 6 aromatic rings. The Bertz CT molecular complexity index is 3260. The van der Waals surface area contributed by atoms with Crippen LogP contribution in [0.1, 0.15) is 12.5 Å². The van der Waals surface area contributed by atoms with Crippen molar-refractivity contribution in [2.75, 3.05) is 109 Å². The number of para-hydroxylation sites is 1. The van der Waals surface area contributed by atoms with E-state index in [1.807, 2.05) is 36.4 Å². The number of hydrogen-bond donors (Lipinski definition) is 8. The number of alkyl halides is 3. The maximum Gasteiger partial charge on any atom is 0.490 e. The Morgan fingerprint density at radius 1 is 0.848 bits per heavy atom. The third-order valence-electron chi connectivity index (χ3n) is 11.8. The summed E-state index contributed by atoms with van der Waals surface area (Å²) in [5.74, 6) is -3.78. The second kappa shape index (κ2) is 27.9. The molecule has 0 atom stereocenters. The molecular formula is C53H57F4N9O12S. The van der Waals surface area contributed by atoms with Crippen LogP contribution in [-0.2, 0) is 28.5 Å². The first-order chi connectivity index (χ1) is 38.0. The summed E-state index contributed by atoms with van der Waals surface area (Å²) < 4.78 is 73.9. The topological polar surface area (TPSA) is 289 Å². The standard InChI is InChI=1S/C51H56FN9O10S.C2HF3O2/c1-2-70-50(65)44-46(63)41(72-49(44)56-33-7-4-3-5-8-33)30-32-11-14-40(39(62)29-32)71-28-27-69-26-25-68-24-23-67-22-16-55-51(66)54-15-17-60-18-20-61(21-19-60)34-12-13-36-38(31-34)58-47(57-36)43-45(53)42-35(52)9-6-10-37(42)59-48(43)64;3-2(4,5)1(6)7/h3-14,29-31,62-63H,2,15-28H2,1H3,(H,57,58)(H3,53,59,64)(H2,54,55,66);(H,6,7)/b41-30-,56-49?;. The number of H-pyrrole nitrogens is 2. The average Bonchev–Trinajstić information content (AvgIpc) is 3.98. The number of halogens is 4. The third kappa shape index (κ3) is 16.2. The van der Waals surface area contributed by atoms with Crippen molar-refractivity contribution in [3.8, 4) is 22.9 Å². The van der Waals surface area contributed by atoms with Crippen molar-refractivity contribution in [2.24, 2.45) is 4.99 Å². The lowest BCUT2D eigenvalue weighted by Gasteiger charge is -2.36. The number of amides is 2. The number of aliphatic carboxylic acids is 1. The number of aromatic nitrogens is 3. The molecule has 79 heavy (non-hydrogen) atoms. The predicted molar refractivity (Wildman–Crippen MR) is 289 cm³/mol. The molecule has 0 bridgehead atoms. The number of benzene rings is 4. The Kier molecular flexibility index (Phi) is 20.7. The molecule has 21 nitrogen and oxygen atoms in total. The van der Waals surface area contributed by atoms with Crippen LogP contribution in [0.3, 0.4) is 0 Å². The molecule has 420 valence electrons. The summed E-state index contributed by atoms with van der Waals surface area (Å²) in [5, 5.41) is 34.9. The van der Waals surface area contributed by atoms with Crippen molar-refractivity contribution < 1.29 is 70.9 Å². The maximum atomic E-state index is 14.6. The molecular weight excluding hydrogens is 1060 g/mol. The number of esters is 1. The smallest absolute Gasteiger partial charge is 0.490 e. The van der Waals surface area contributed by atoms with E-state index in [9.17, 15) is 42.2 Å². The van der Waals surface area contributed by atoms with Gasteiger partial charge in [0.05, 0.1) is 84.5 Å². The van der Waals surface area contributed by atoms with Crippen molar-refractivity contribution in [1.29, 1.82) is 0 Å². The number of ether oxygens (including phenoxy) is 5. The Morgan fingerprint density at radius 2 is 1.53 bits per heavy atom. The first-order valence-electron chi connectivity index (χ1n) is 24.7. The van der Waals surface area contributed by atoms with Gasteiger partial charge >= 0.3 is 24.1 Å². The van der Waals surface area contributed by atoms with Gasteiger partial charge in [-0.25, -0.2) is 28.8 Å². The molecule has 26 heteroatoms. The lowest BCUT2D eigenvalue weighted by molar-refractivity contribution is -0.192. The summed E-state index contributed by atoms with van der Waals surface area (Å²) in [6, 6.07) is 23.9. The van der Waals surface area contributed by atoms with Gasteiger partial charge in [-0.05, 0) is 73.2 Å². The normalized spacial score (nSPS) is 14.9. The number of aliphatic hydroxyl groups excluding tert-OH is 1. The number of nitrogens with one attached hydrogen (secondary N) is 4. The van der Waals surface area contributed by atoms with Gasteiger partial charge in [0.25, 0.3) is 5.56 Å². The SMILES string of the molecule is CCOC(=O)C1=C(O)/C(=C/c2ccc(OCCOCCOCCOCCNC(=O)NCCN3CCN(c4ccc5nc(-c6c(N)c7c(F)cccc7[nH]c6=O)[nH]c5c4)CC3)c(O)c2)SC1=Nc1ccccc1.O=C(O)C(F)(F)F. The summed E-state index contributed by atoms with van der Waals surface area (Å²) in [4.78, 5) is 66.9. The quantitative estimate of drug-likeness (QED) is 0.0195. The molecule has 2 aromatic heterocycles. The van der Waals surface area contributed by atoms with Crippen molar-refractivity contribution in [3.05, 3.63) is 123 Å². The zero-order valence-corrected chi connectivity index (χ0v) is 43.4. The Hall–Kier alpha value is -8.17. The Labute approximate surface area is 453 Å². The molecule has 0 radical (unpaired) electrons. The molecule has 2 amide bonds. The lowest BCUT2D eigenvalue weighted by Crippen LogP contribution is -2.49. The molecule has 0 saturated carbocycles. The molecule has 4 heterocycles. The van der Waals surface area contributed by atoms with E-state index in [-0.39, 0.29) is 71.1 Å². The fourth-order valence-corrected chi connectivity index (χ4v) is 9.04. The number of carbonyl (C=O) groups excluding carboxylic acids is 2. The number of fused-ring (bicyclic) bond motifs is 2. The number of aromatic hydroxyl groups is 1. The number of phenolic OH excluding ortho intramolecular Hbond substituents is 1. The van der Waals surface area contributed by atoms with Crippen molar-refractivity contribution in [3.63, 3.8) is 0 Å². The van der Waals surface area contributed by atoms with Crippen LogP contribution < -0.4 is 31.6 Å².